The third-order valence-electron chi connectivity index (χ3n) is 12.4. The molecule has 1 saturated carbocycles. The number of anilines is 5. The molecule has 3 aromatic heterocycles. The minimum Gasteiger partial charge on any atom is -0.480 e. The Balaban J connectivity index is 0.869. The molecule has 14 nitrogen and oxygen atoms in total. The number of carbonyl (C=O) groups excluding carboxylic acids is 2. The summed E-state index contributed by atoms with van der Waals surface area (Å²) < 4.78 is 39.1. The quantitative estimate of drug-likeness (QED) is 0.188. The van der Waals surface area contributed by atoms with Crippen LogP contribution in [0.3, 0.4) is 0 Å². The van der Waals surface area contributed by atoms with Gasteiger partial charge in [0.2, 0.25) is 23.5 Å². The first-order valence-electron chi connectivity index (χ1n) is 19.4. The molecule has 4 aliphatic heterocycles. The number of alkyl halides is 2. The zero-order valence-electron chi connectivity index (χ0n) is 31.4. The van der Waals surface area contributed by atoms with Crippen LogP contribution in [-0.4, -0.2) is 80.9 Å². The second-order valence-electron chi connectivity index (χ2n) is 16.4. The Kier molecular flexibility index (Phi) is 8.19. The number of carbonyl (C=O) groups is 2. The van der Waals surface area contributed by atoms with E-state index in [1.54, 1.807) is 31.4 Å². The van der Waals surface area contributed by atoms with Gasteiger partial charge in [0.25, 0.3) is 5.56 Å². The van der Waals surface area contributed by atoms with Crippen molar-refractivity contribution in [3.63, 3.8) is 0 Å². The summed E-state index contributed by atoms with van der Waals surface area (Å²) in [5, 5.41) is 15.3. The maximum Gasteiger partial charge on any atom is 0.301 e. The summed E-state index contributed by atoms with van der Waals surface area (Å²) in [5.74, 6) is -3.47. The highest BCUT2D eigenvalue weighted by atomic mass is 35.5. The monoisotopic (exact) mass is 798 g/mol. The Labute approximate surface area is 330 Å². The van der Waals surface area contributed by atoms with Crippen molar-refractivity contribution in [1.82, 2.24) is 29.6 Å². The Morgan fingerprint density at radius 1 is 0.982 bits per heavy atom. The number of hydrogen-bond donors (Lipinski definition) is 3. The first kappa shape index (κ1) is 35.9. The minimum absolute atomic E-state index is 0.0461. The van der Waals surface area contributed by atoms with Crippen LogP contribution in [0.5, 0.6) is 5.75 Å². The molecular formula is C40H41ClF2N10O4. The second-order valence-corrected chi connectivity index (χ2v) is 16.8. The van der Waals surface area contributed by atoms with Gasteiger partial charge in [0.1, 0.15) is 5.02 Å². The molecule has 2 atom stereocenters. The van der Waals surface area contributed by atoms with Gasteiger partial charge < -0.3 is 29.7 Å². The van der Waals surface area contributed by atoms with Crippen molar-refractivity contribution >= 4 is 74.0 Å². The van der Waals surface area contributed by atoms with E-state index in [4.69, 9.17) is 26.4 Å². The van der Waals surface area contributed by atoms with Crippen molar-refractivity contribution in [1.29, 1.82) is 0 Å². The first-order chi connectivity index (χ1) is 27.4. The molecule has 3 N–H and O–H groups in total. The van der Waals surface area contributed by atoms with Crippen LogP contribution in [0, 0.1) is 11.3 Å². The third-order valence-corrected chi connectivity index (χ3v) is 12.7. The number of nitrogens with zero attached hydrogens (tertiary/aromatic N) is 7. The van der Waals surface area contributed by atoms with Crippen molar-refractivity contribution in [2.75, 3.05) is 53.2 Å². The van der Waals surface area contributed by atoms with Gasteiger partial charge in [0.05, 0.1) is 40.6 Å². The van der Waals surface area contributed by atoms with E-state index < -0.39 is 30.0 Å². The molecule has 1 spiro atoms. The van der Waals surface area contributed by atoms with Gasteiger partial charge in [-0.3, -0.25) is 24.4 Å². The van der Waals surface area contributed by atoms with E-state index in [2.05, 4.69) is 42.9 Å². The van der Waals surface area contributed by atoms with E-state index in [1.807, 2.05) is 17.8 Å². The maximum absolute atomic E-state index is 15.2. The van der Waals surface area contributed by atoms with E-state index in [-0.39, 0.29) is 34.6 Å². The van der Waals surface area contributed by atoms with E-state index >= 15 is 8.78 Å². The number of pyridine rings is 1. The van der Waals surface area contributed by atoms with Gasteiger partial charge in [-0.2, -0.15) is 10.1 Å². The van der Waals surface area contributed by atoms with Crippen LogP contribution in [0.1, 0.15) is 50.1 Å². The number of fused-ring (bicyclic) bond motifs is 4. The summed E-state index contributed by atoms with van der Waals surface area (Å²) in [5.41, 5.74) is 3.73. The zero-order valence-corrected chi connectivity index (χ0v) is 32.2. The van der Waals surface area contributed by atoms with Crippen molar-refractivity contribution in [2.24, 2.45) is 25.4 Å². The minimum atomic E-state index is -3.14. The molecule has 2 amide bonds. The Morgan fingerprint density at radius 3 is 2.58 bits per heavy atom. The highest BCUT2D eigenvalue weighted by Gasteiger charge is 2.51. The Morgan fingerprint density at radius 2 is 1.79 bits per heavy atom. The number of amides is 2. The molecule has 0 bridgehead atoms. The predicted molar refractivity (Wildman–Crippen MR) is 212 cm³/mol. The predicted octanol–water partition coefficient (Wildman–Crippen LogP) is 5.46. The highest BCUT2D eigenvalue weighted by Crippen LogP contribution is 2.47. The molecule has 296 valence electrons. The summed E-state index contributed by atoms with van der Waals surface area (Å²) >= 11 is 6.66. The van der Waals surface area contributed by atoms with E-state index in [9.17, 15) is 14.4 Å². The lowest BCUT2D eigenvalue weighted by Crippen LogP contribution is -2.63. The third kappa shape index (κ3) is 6.10. The molecule has 3 saturated heterocycles. The molecule has 1 unspecified atom stereocenters. The van der Waals surface area contributed by atoms with Crippen LogP contribution >= 0.6 is 11.6 Å². The van der Waals surface area contributed by atoms with Crippen LogP contribution in [0.25, 0.3) is 21.8 Å². The van der Waals surface area contributed by atoms with Crippen LogP contribution in [0.2, 0.25) is 5.02 Å². The average Bonchev–Trinajstić information content (AvgIpc) is 3.98. The lowest BCUT2D eigenvalue weighted by atomic mass is 9.73. The van der Waals surface area contributed by atoms with E-state index in [0.717, 1.165) is 55.6 Å². The summed E-state index contributed by atoms with van der Waals surface area (Å²) in [6, 6.07) is 10.5. The number of hydrogen-bond acceptors (Lipinski definition) is 11. The zero-order chi connectivity index (χ0) is 39.4. The summed E-state index contributed by atoms with van der Waals surface area (Å²) in [6.07, 6.45) is 5.78. The number of benzene rings is 2. The highest BCUT2D eigenvalue weighted by molar-refractivity contribution is 6.33. The SMILES string of the molecule is Cn1nc(C2CCC(=O)NC2=O)c2ccc(N3CC4(CCCN(c5ncc(Cl)c(Nc6ccc7c(c6)c6c(c(=O)n7C)OCC(F)(F)[C@H](C7CC7)N6)n5)C4)C3)cc21. The molecule has 0 radical (unpaired) electrons. The molecule has 10 rings (SSSR count). The fraction of sp³-hybridized carbons (Fsp3) is 0.450. The average molecular weight is 799 g/mol. The van der Waals surface area contributed by atoms with Gasteiger partial charge >= 0.3 is 5.92 Å². The molecule has 4 fully saturated rings. The van der Waals surface area contributed by atoms with Gasteiger partial charge in [-0.05, 0) is 74.4 Å². The number of rotatable bonds is 6. The fourth-order valence-electron chi connectivity index (χ4n) is 9.29. The van der Waals surface area contributed by atoms with Crippen molar-refractivity contribution in [2.45, 2.75) is 56.4 Å². The van der Waals surface area contributed by atoms with Gasteiger partial charge in [-0.25, -0.2) is 13.8 Å². The van der Waals surface area contributed by atoms with Crippen LogP contribution in [-0.2, 0) is 23.7 Å². The molecule has 5 aliphatic rings. The Hall–Kier alpha value is -5.51. The van der Waals surface area contributed by atoms with Gasteiger partial charge in [0.15, 0.2) is 12.4 Å². The van der Waals surface area contributed by atoms with Crippen molar-refractivity contribution in [3.05, 3.63) is 63.7 Å². The number of nitrogens with one attached hydrogen (secondary N) is 3. The van der Waals surface area contributed by atoms with E-state index in [1.165, 1.54) is 4.57 Å². The lowest BCUT2D eigenvalue weighted by molar-refractivity contribution is -0.134. The number of imide groups is 1. The molecular weight excluding hydrogens is 758 g/mol. The first-order valence-corrected chi connectivity index (χ1v) is 19.8. The van der Waals surface area contributed by atoms with Gasteiger partial charge in [-0.1, -0.05) is 11.6 Å². The van der Waals surface area contributed by atoms with Crippen LogP contribution in [0.15, 0.2) is 47.4 Å². The number of aromatic nitrogens is 5. The molecule has 17 heteroatoms. The summed E-state index contributed by atoms with van der Waals surface area (Å²) in [6.45, 7) is 2.42. The number of aryl methyl sites for hydroxylation is 2. The summed E-state index contributed by atoms with van der Waals surface area (Å²) in [7, 11) is 3.48. The Bertz CT molecular complexity index is 2570. The topological polar surface area (TPSA) is 152 Å². The maximum atomic E-state index is 15.2. The number of halogens is 3. The van der Waals surface area contributed by atoms with Crippen LogP contribution < -0.4 is 36.0 Å². The second kappa shape index (κ2) is 13.0. The number of ether oxygens (including phenoxy) is 1. The van der Waals surface area contributed by atoms with Gasteiger partial charge in [-0.15, -0.1) is 0 Å². The van der Waals surface area contributed by atoms with E-state index in [0.29, 0.717) is 64.8 Å². The fourth-order valence-corrected chi connectivity index (χ4v) is 9.42. The van der Waals surface area contributed by atoms with Gasteiger partial charge in [0, 0.05) is 74.3 Å². The lowest BCUT2D eigenvalue weighted by Gasteiger charge is -2.55. The standard InChI is InChI=1S/C40H41ClF2N10O4/c1-50-28-10-6-22(14-26(28)32-33(37(50)56)57-20-40(42,43)34(47-32)21-4-5-21)45-35-27(41)16-44-38(48-35)52-13-3-12-39(17-52)18-53(19-39)23-7-8-24-29(15-23)51(2)49-31(24)25-9-11-30(54)46-36(25)55/h6-8,10,14-16,21,25,34,47H,3-5,9,11-13,17-20H2,1-2H3,(H,44,45,48)(H,46,54,55)/t25?,34-/m0/s1. The molecule has 5 aromatic rings. The van der Waals surface area contributed by atoms with Crippen molar-refractivity contribution in [3.8, 4) is 5.75 Å². The smallest absolute Gasteiger partial charge is 0.301 e. The van der Waals surface area contributed by atoms with Crippen LogP contribution in [0.4, 0.5) is 37.6 Å². The summed E-state index contributed by atoms with van der Waals surface area (Å²) in [4.78, 5) is 51.7. The molecule has 2 aromatic carbocycles. The largest absolute Gasteiger partial charge is 0.480 e. The van der Waals surface area contributed by atoms with Crippen molar-refractivity contribution < 1.29 is 23.1 Å². The molecule has 1 aliphatic carbocycles. The normalized spacial score (nSPS) is 22.8. The number of piperidine rings is 2. The molecule has 7 heterocycles. The molecule has 57 heavy (non-hydrogen) atoms.